The minimum Gasteiger partial charge on any atom is -0.363 e. The Morgan fingerprint density at radius 3 is 2.38 bits per heavy atom. The third-order valence-corrected chi connectivity index (χ3v) is 9.21. The molecule has 4 atom stereocenters. The Bertz CT molecular complexity index is 1030. The maximum atomic E-state index is 13.3. The van der Waals surface area contributed by atoms with Gasteiger partial charge in [0.05, 0.1) is 16.9 Å². The first kappa shape index (κ1) is 15.7. The number of hydrogen-bond acceptors (Lipinski definition) is 4. The Labute approximate surface area is 166 Å². The molecule has 1 saturated heterocycles. The second kappa shape index (κ2) is 5.01. The first-order valence-corrected chi connectivity index (χ1v) is 11.1. The molecule has 2 aromatic rings. The Balaban J connectivity index is 1.81. The van der Waals surface area contributed by atoms with E-state index in [9.17, 15) is 13.2 Å². The summed E-state index contributed by atoms with van der Waals surface area (Å²) in [4.78, 5) is 13.3. The molecule has 3 aliphatic heterocycles. The van der Waals surface area contributed by atoms with Crippen LogP contribution in [0.15, 0.2) is 41.3 Å². The second-order valence-corrected chi connectivity index (χ2v) is 10.7. The second-order valence-electron chi connectivity index (χ2n) is 6.27. The van der Waals surface area contributed by atoms with Gasteiger partial charge in [0.2, 0.25) is 0 Å². The van der Waals surface area contributed by atoms with Gasteiger partial charge in [-0.25, -0.2) is 8.42 Å². The lowest BCUT2D eigenvalue weighted by molar-refractivity contribution is 0.0552. The van der Waals surface area contributed by atoms with Crippen LogP contribution in [0.2, 0.25) is 0 Å². The monoisotopic (exact) mass is 564 g/mol. The highest BCUT2D eigenvalue weighted by atomic mass is 127. The molecule has 0 aromatic heterocycles. The minimum atomic E-state index is -3.63. The molecule has 5 rings (SSSR count). The number of halogens is 2. The molecule has 1 fully saturated rings. The van der Waals surface area contributed by atoms with Crippen LogP contribution in [0.25, 0.3) is 0 Å². The number of rotatable bonds is 0. The van der Waals surface area contributed by atoms with E-state index in [0.29, 0.717) is 9.13 Å². The van der Waals surface area contributed by atoms with Crippen LogP contribution in [0.5, 0.6) is 0 Å². The van der Waals surface area contributed by atoms with Crippen molar-refractivity contribution >= 4 is 60.8 Å². The normalized spacial score (nSPS) is 31.5. The zero-order chi connectivity index (χ0) is 16.8. The molecule has 2 aromatic carbocycles. The molecule has 4 nitrogen and oxygen atoms in total. The molecule has 24 heavy (non-hydrogen) atoms. The van der Waals surface area contributed by atoms with Gasteiger partial charge in [0.25, 0.3) is 0 Å². The maximum absolute atomic E-state index is 13.3. The lowest BCUT2D eigenvalue weighted by atomic mass is 9.79. The van der Waals surface area contributed by atoms with Gasteiger partial charge < -0.3 is 4.74 Å². The van der Waals surface area contributed by atoms with Crippen LogP contribution >= 0.6 is 45.2 Å². The van der Waals surface area contributed by atoms with Crippen molar-refractivity contribution in [1.82, 2.24) is 0 Å². The van der Waals surface area contributed by atoms with Gasteiger partial charge in [0, 0.05) is 12.7 Å². The number of ketones is 1. The lowest BCUT2D eigenvalue weighted by Gasteiger charge is -2.33. The molecular formula is C17H10I2O4S. The number of carbonyl (C=O) groups excluding carboxylic acids is 1. The molecule has 0 radical (unpaired) electrons. The topological polar surface area (TPSA) is 60.4 Å². The summed E-state index contributed by atoms with van der Waals surface area (Å²) in [7, 11) is -3.63. The van der Waals surface area contributed by atoms with Gasteiger partial charge in [0.15, 0.2) is 15.6 Å². The first-order chi connectivity index (χ1) is 11.4. The van der Waals surface area contributed by atoms with E-state index in [4.69, 9.17) is 4.74 Å². The van der Waals surface area contributed by atoms with Crippen molar-refractivity contribution in [2.75, 3.05) is 0 Å². The summed E-state index contributed by atoms with van der Waals surface area (Å²) < 4.78 is 34.1. The quantitative estimate of drug-likeness (QED) is 0.459. The van der Waals surface area contributed by atoms with Gasteiger partial charge in [-0.15, -0.1) is 0 Å². The van der Waals surface area contributed by atoms with Crippen LogP contribution in [0.1, 0.15) is 33.7 Å². The Morgan fingerprint density at radius 2 is 1.67 bits per heavy atom. The molecule has 0 N–H and O–H groups in total. The highest BCUT2D eigenvalue weighted by Crippen LogP contribution is 2.60. The number of Topliss-reactive ketones (excluding diaryl/α,β-unsaturated/α-hetero) is 1. The Kier molecular flexibility index (Phi) is 3.28. The summed E-state index contributed by atoms with van der Waals surface area (Å²) in [5.74, 6) is -0.750. The number of sulfone groups is 1. The molecule has 0 spiro atoms. The van der Waals surface area contributed by atoms with Gasteiger partial charge in [-0.1, -0.05) is 24.3 Å². The van der Waals surface area contributed by atoms with Crippen molar-refractivity contribution in [2.45, 2.75) is 22.4 Å². The summed E-state index contributed by atoms with van der Waals surface area (Å²) in [6.45, 7) is 0. The average Bonchev–Trinajstić information content (AvgIpc) is 3.09. The molecule has 7 heteroatoms. The zero-order valence-electron chi connectivity index (χ0n) is 12.1. The van der Waals surface area contributed by atoms with E-state index in [0.717, 1.165) is 14.7 Å². The highest BCUT2D eigenvalue weighted by molar-refractivity contribution is 14.1. The third kappa shape index (κ3) is 1.81. The van der Waals surface area contributed by atoms with E-state index in [-0.39, 0.29) is 10.7 Å². The van der Waals surface area contributed by atoms with E-state index in [1.54, 1.807) is 12.1 Å². The van der Waals surface area contributed by atoms with E-state index in [1.807, 2.05) is 46.9 Å². The van der Waals surface area contributed by atoms with Crippen LogP contribution in [-0.2, 0) is 14.6 Å². The van der Waals surface area contributed by atoms with E-state index in [1.165, 1.54) is 0 Å². The number of benzene rings is 2. The van der Waals surface area contributed by atoms with Crippen LogP contribution in [0.4, 0.5) is 0 Å². The fraction of sp³-hybridized carbons (Fsp3) is 0.235. The van der Waals surface area contributed by atoms with Gasteiger partial charge in [-0.3, -0.25) is 4.79 Å². The smallest absolute Gasteiger partial charge is 0.186 e. The molecule has 0 aliphatic carbocycles. The predicted octanol–water partition coefficient (Wildman–Crippen LogP) is 3.68. The molecule has 2 bridgehead atoms. The first-order valence-electron chi connectivity index (χ1n) is 7.42. The van der Waals surface area contributed by atoms with Crippen molar-refractivity contribution in [3.63, 3.8) is 0 Å². The van der Waals surface area contributed by atoms with Gasteiger partial charge in [0.1, 0.15) is 11.4 Å². The van der Waals surface area contributed by atoms with Crippen LogP contribution in [0, 0.1) is 13.1 Å². The van der Waals surface area contributed by atoms with Crippen LogP contribution in [0.3, 0.4) is 0 Å². The molecule has 122 valence electrons. The molecule has 3 heterocycles. The third-order valence-electron chi connectivity index (χ3n) is 5.10. The fourth-order valence-electron chi connectivity index (χ4n) is 4.22. The van der Waals surface area contributed by atoms with Gasteiger partial charge in [-0.05, 0) is 68.4 Å². The summed E-state index contributed by atoms with van der Waals surface area (Å²) in [6, 6.07) is 11.1. The molecule has 4 unspecified atom stereocenters. The number of hydrogen-bond donors (Lipinski definition) is 0. The van der Waals surface area contributed by atoms with Crippen molar-refractivity contribution < 1.29 is 17.9 Å². The van der Waals surface area contributed by atoms with Crippen molar-refractivity contribution in [2.24, 2.45) is 5.92 Å². The van der Waals surface area contributed by atoms with Crippen LogP contribution < -0.4 is 0 Å². The lowest BCUT2D eigenvalue weighted by Crippen LogP contribution is -2.43. The summed E-state index contributed by atoms with van der Waals surface area (Å²) in [6.07, 6.45) is -1.00. The van der Waals surface area contributed by atoms with Crippen molar-refractivity contribution in [3.05, 3.63) is 60.2 Å². The molecular weight excluding hydrogens is 554 g/mol. The van der Waals surface area contributed by atoms with Crippen molar-refractivity contribution in [3.8, 4) is 0 Å². The SMILES string of the molecule is O=C1c2cc(I)cc(I)c2S(=O)(=O)C2C3OC(c4ccccc43)C12. The number of ether oxygens (including phenoxy) is 1. The number of fused-ring (bicyclic) bond motifs is 9. The van der Waals surface area contributed by atoms with Crippen molar-refractivity contribution in [1.29, 1.82) is 0 Å². The van der Waals surface area contributed by atoms with Gasteiger partial charge in [-0.2, -0.15) is 0 Å². The molecule has 3 aliphatic rings. The molecule has 0 amide bonds. The van der Waals surface area contributed by atoms with Crippen LogP contribution in [-0.4, -0.2) is 19.5 Å². The minimum absolute atomic E-state index is 0.108. The summed E-state index contributed by atoms with van der Waals surface area (Å²) in [5, 5.41) is -0.814. The van der Waals surface area contributed by atoms with Gasteiger partial charge >= 0.3 is 0 Å². The summed E-state index contributed by atoms with van der Waals surface area (Å²) >= 11 is 4.13. The predicted molar refractivity (Wildman–Crippen MR) is 104 cm³/mol. The van der Waals surface area contributed by atoms with E-state index >= 15 is 0 Å². The molecule has 0 saturated carbocycles. The Hall–Kier alpha value is -0.520. The average molecular weight is 564 g/mol. The standard InChI is InChI=1S/C17H10I2O4S/c18-7-5-10-13(20)12-14-8-3-1-2-4-9(8)15(23-14)17(12)24(21,22)16(10)11(19)6-7/h1-6,12,14-15,17H. The van der Waals surface area contributed by atoms with E-state index < -0.39 is 33.2 Å². The zero-order valence-corrected chi connectivity index (χ0v) is 17.2. The Morgan fingerprint density at radius 1 is 1.00 bits per heavy atom. The van der Waals surface area contributed by atoms with E-state index in [2.05, 4.69) is 22.6 Å². The largest absolute Gasteiger partial charge is 0.363 e. The summed E-state index contributed by atoms with van der Waals surface area (Å²) in [5.41, 5.74) is 2.18. The number of carbonyl (C=O) groups is 1. The fourth-order valence-corrected chi connectivity index (χ4v) is 9.24. The maximum Gasteiger partial charge on any atom is 0.186 e. The highest BCUT2D eigenvalue weighted by Gasteiger charge is 2.63.